The summed E-state index contributed by atoms with van der Waals surface area (Å²) < 4.78 is 0. The van der Waals surface area contributed by atoms with Gasteiger partial charge in [-0.25, -0.2) is 0 Å². The number of hydrogen-bond acceptors (Lipinski definition) is 10. The van der Waals surface area contributed by atoms with Crippen molar-refractivity contribution in [1.82, 2.24) is 41.7 Å². The van der Waals surface area contributed by atoms with Crippen molar-refractivity contribution in [3.05, 3.63) is 58.7 Å². The van der Waals surface area contributed by atoms with Gasteiger partial charge in [0.2, 0.25) is 35.4 Å². The second kappa shape index (κ2) is 24.6. The van der Waals surface area contributed by atoms with Gasteiger partial charge in [-0.15, -0.1) is 0 Å². The zero-order valence-electron chi connectivity index (χ0n) is 44.9. The number of hydrogen-bond donors (Lipinski definition) is 6. The third-order valence-electron chi connectivity index (χ3n) is 18.3. The van der Waals surface area contributed by atoms with Gasteiger partial charge in [0.05, 0.1) is 24.2 Å². The average molecular weight is 1020 g/mol. The Bertz CT molecular complexity index is 2170. The summed E-state index contributed by atoms with van der Waals surface area (Å²) in [5, 5.41) is 19.1. The van der Waals surface area contributed by atoms with Crippen LogP contribution in [0.25, 0.3) is 0 Å². The number of fused-ring (bicyclic) bond motifs is 2. The molecule has 3 aliphatic heterocycles. The van der Waals surface area contributed by atoms with Crippen molar-refractivity contribution in [3.63, 3.8) is 0 Å². The van der Waals surface area contributed by atoms with Crippen molar-refractivity contribution >= 4 is 46.8 Å². The molecule has 0 radical (unpaired) electrons. The predicted octanol–water partition coefficient (Wildman–Crippen LogP) is 5.33. The highest BCUT2D eigenvalue weighted by Crippen LogP contribution is 2.40. The number of carbonyl (C=O) groups is 6. The summed E-state index contributed by atoms with van der Waals surface area (Å²) in [5.41, 5.74) is 7.40. The normalized spacial score (nSPS) is 25.2. The topological polar surface area (TPSA) is 188 Å². The maximum Gasteiger partial charge on any atom is 0.246 e. The standard InChI is InChI=1S/C58H86N10O6/c1-37(59-3)53(69)63-51(39-17-7-5-8-18-39)57(73)67-31-15-29-49(67)55(71)61-45-25-11-23-43-41(45)21-13-27-47(43)65-33-35-66(36-34-65)48-28-14-22-42-44(48)24-12-26-46(42)62-56(72)50-30-16-32-68(50)58(74)52(40-19-9-6-10-20-40)64-54(70)38(2)60-4/h13-14,21-22,27-28,37-40,45-46,49-52,59-60H,5-12,15-20,23-26,29-36H2,1-4H3,(H,61,71)(H,62,72)(H,63,69)(H,64,70)/t37-,38-,45+,46+,49-,50-,51?,52?/m0/s1. The van der Waals surface area contributed by atoms with E-state index < -0.39 is 36.3 Å². The molecule has 6 N–H and O–H groups in total. The molecule has 0 bridgehead atoms. The molecule has 2 aromatic rings. The molecule has 16 heteroatoms. The number of piperazine rings is 1. The molecule has 3 heterocycles. The molecular weight excluding hydrogens is 933 g/mol. The third kappa shape index (κ3) is 11.8. The first-order valence-electron chi connectivity index (χ1n) is 28.9. The lowest BCUT2D eigenvalue weighted by Crippen LogP contribution is -2.58. The monoisotopic (exact) mass is 1020 g/mol. The van der Waals surface area contributed by atoms with Gasteiger partial charge >= 0.3 is 0 Å². The zero-order chi connectivity index (χ0) is 51.9. The van der Waals surface area contributed by atoms with Crippen LogP contribution in [0.15, 0.2) is 36.4 Å². The lowest BCUT2D eigenvalue weighted by molar-refractivity contribution is -0.143. The molecule has 2 saturated carbocycles. The Hall–Kier alpha value is -5.22. The first-order chi connectivity index (χ1) is 35.9. The van der Waals surface area contributed by atoms with E-state index in [-0.39, 0.29) is 59.4 Å². The Balaban J connectivity index is 0.830. The fourth-order valence-corrected chi connectivity index (χ4v) is 13.8. The highest BCUT2D eigenvalue weighted by molar-refractivity contribution is 5.95. The van der Waals surface area contributed by atoms with Gasteiger partial charge < -0.3 is 51.5 Å². The minimum Gasteiger partial charge on any atom is -0.368 e. The fraction of sp³-hybridized carbons (Fsp3) is 0.690. The summed E-state index contributed by atoms with van der Waals surface area (Å²) in [6.07, 6.45) is 18.3. The number of likely N-dealkylation sites (N-methyl/N-ethyl adjacent to an activating group) is 2. The molecule has 3 saturated heterocycles. The molecule has 6 amide bonds. The quantitative estimate of drug-likeness (QED) is 0.128. The molecule has 5 fully saturated rings. The van der Waals surface area contributed by atoms with Crippen LogP contribution in [-0.2, 0) is 41.6 Å². The highest BCUT2D eigenvalue weighted by atomic mass is 16.2. The number of benzene rings is 2. The van der Waals surface area contributed by atoms with Gasteiger partial charge in [0, 0.05) is 50.6 Å². The van der Waals surface area contributed by atoms with Crippen LogP contribution in [-0.4, -0.2) is 135 Å². The summed E-state index contributed by atoms with van der Waals surface area (Å²) in [5.74, 6) is -0.686. The Morgan fingerprint density at radius 2 is 0.865 bits per heavy atom. The summed E-state index contributed by atoms with van der Waals surface area (Å²) in [6, 6.07) is 9.55. The molecule has 4 aliphatic carbocycles. The molecule has 0 spiro atoms. The van der Waals surface area contributed by atoms with E-state index in [4.69, 9.17) is 0 Å². The molecule has 2 aromatic carbocycles. The van der Waals surface area contributed by atoms with E-state index in [0.717, 1.165) is 142 Å². The minimum atomic E-state index is -0.629. The number of amides is 6. The van der Waals surface area contributed by atoms with Crippen LogP contribution < -0.4 is 41.7 Å². The molecule has 0 aromatic heterocycles. The van der Waals surface area contributed by atoms with Crippen molar-refractivity contribution in [2.75, 3.05) is 63.2 Å². The van der Waals surface area contributed by atoms with E-state index in [0.29, 0.717) is 25.9 Å². The van der Waals surface area contributed by atoms with Gasteiger partial charge in [0.1, 0.15) is 24.2 Å². The van der Waals surface area contributed by atoms with Crippen LogP contribution >= 0.6 is 0 Å². The van der Waals surface area contributed by atoms with Crippen molar-refractivity contribution in [1.29, 1.82) is 0 Å². The van der Waals surface area contributed by atoms with E-state index >= 15 is 0 Å². The first kappa shape index (κ1) is 53.6. The van der Waals surface area contributed by atoms with Gasteiger partial charge in [-0.1, -0.05) is 62.8 Å². The predicted molar refractivity (Wildman–Crippen MR) is 288 cm³/mol. The number of carbonyl (C=O) groups excluding carboxylic acids is 6. The molecule has 7 aliphatic rings. The van der Waals surface area contributed by atoms with E-state index in [2.05, 4.69) is 78.1 Å². The smallest absolute Gasteiger partial charge is 0.246 e. The molecule has 74 heavy (non-hydrogen) atoms. The summed E-state index contributed by atoms with van der Waals surface area (Å²) in [6.45, 7) is 8.04. The van der Waals surface area contributed by atoms with Crippen LogP contribution in [0.3, 0.4) is 0 Å². The van der Waals surface area contributed by atoms with Crippen molar-refractivity contribution < 1.29 is 28.8 Å². The Morgan fingerprint density at radius 1 is 0.473 bits per heavy atom. The second-order valence-electron chi connectivity index (χ2n) is 22.7. The van der Waals surface area contributed by atoms with Gasteiger partial charge in [-0.2, -0.15) is 0 Å². The first-order valence-corrected chi connectivity index (χ1v) is 28.9. The third-order valence-corrected chi connectivity index (χ3v) is 18.3. The van der Waals surface area contributed by atoms with Crippen molar-refractivity contribution in [2.24, 2.45) is 11.8 Å². The molecule has 16 nitrogen and oxygen atoms in total. The molecule has 2 unspecified atom stereocenters. The van der Waals surface area contributed by atoms with Crippen molar-refractivity contribution in [3.8, 4) is 0 Å². The van der Waals surface area contributed by atoms with Crippen LogP contribution in [0.2, 0.25) is 0 Å². The van der Waals surface area contributed by atoms with E-state index in [1.54, 1.807) is 37.7 Å². The number of nitrogens with one attached hydrogen (secondary N) is 6. The largest absolute Gasteiger partial charge is 0.368 e. The van der Waals surface area contributed by atoms with Crippen LogP contribution in [0.4, 0.5) is 11.4 Å². The SMILES string of the molecule is CN[C@@H](C)C(=O)NC(C(=O)N1CCC[C@H]1C(=O)N[C@@H]1CCCc2c1cccc2N1CCN(c2cccc3c2CCC[C@H]3NC(=O)[C@@H]2CCCN2C(=O)C(NC(=O)[C@H](C)NC)C2CCCCC2)CC1)C1CCCCC1. The zero-order valence-corrected chi connectivity index (χ0v) is 44.9. The summed E-state index contributed by atoms with van der Waals surface area (Å²) in [7, 11) is 3.49. The minimum absolute atomic E-state index is 0.0683. The number of likely N-dealkylation sites (tertiary alicyclic amines) is 2. The van der Waals surface area contributed by atoms with Crippen molar-refractivity contribution in [2.45, 2.75) is 191 Å². The van der Waals surface area contributed by atoms with E-state index in [1.807, 2.05) is 0 Å². The Morgan fingerprint density at radius 3 is 1.24 bits per heavy atom. The lowest BCUT2D eigenvalue weighted by atomic mass is 9.83. The van der Waals surface area contributed by atoms with Crippen LogP contribution in [0.1, 0.15) is 164 Å². The highest BCUT2D eigenvalue weighted by Gasteiger charge is 2.44. The van der Waals surface area contributed by atoms with E-state index in [9.17, 15) is 28.8 Å². The molecule has 8 atom stereocenters. The van der Waals surface area contributed by atoms with Gasteiger partial charge in [-0.3, -0.25) is 28.8 Å². The number of rotatable bonds is 16. The van der Waals surface area contributed by atoms with Gasteiger partial charge in [0.15, 0.2) is 0 Å². The maximum absolute atomic E-state index is 14.4. The Labute approximate surface area is 440 Å². The Kier molecular flexibility index (Phi) is 17.8. The van der Waals surface area contributed by atoms with Gasteiger partial charge in [-0.05, 0) is 164 Å². The van der Waals surface area contributed by atoms with Gasteiger partial charge in [0.25, 0.3) is 0 Å². The molecular formula is C58H86N10O6. The summed E-state index contributed by atoms with van der Waals surface area (Å²) in [4.78, 5) is 92.2. The fourth-order valence-electron chi connectivity index (χ4n) is 13.8. The molecule has 9 rings (SSSR count). The second-order valence-corrected chi connectivity index (χ2v) is 22.7. The molecule has 404 valence electrons. The van der Waals surface area contributed by atoms with Crippen LogP contribution in [0.5, 0.6) is 0 Å². The summed E-state index contributed by atoms with van der Waals surface area (Å²) >= 11 is 0. The number of anilines is 2. The lowest BCUT2D eigenvalue weighted by Gasteiger charge is -2.41. The van der Waals surface area contributed by atoms with Crippen LogP contribution in [0, 0.1) is 11.8 Å². The number of nitrogens with zero attached hydrogens (tertiary/aromatic N) is 4. The maximum atomic E-state index is 14.4. The average Bonchev–Trinajstić information content (AvgIpc) is 4.15. The van der Waals surface area contributed by atoms with E-state index in [1.165, 1.54) is 33.6 Å².